The maximum atomic E-state index is 13.3. The van der Waals surface area contributed by atoms with Gasteiger partial charge in [0.25, 0.3) is 0 Å². The Kier molecular flexibility index (Phi) is 6.29. The number of nitrogens with one attached hydrogen (secondary N) is 1. The van der Waals surface area contributed by atoms with Gasteiger partial charge in [-0.2, -0.15) is 0 Å². The normalized spacial score (nSPS) is 16.5. The van der Waals surface area contributed by atoms with Crippen LogP contribution in [0.15, 0.2) is 48.5 Å². The summed E-state index contributed by atoms with van der Waals surface area (Å²) >= 11 is 0. The number of rotatable bonds is 5. The van der Waals surface area contributed by atoms with Gasteiger partial charge in [0, 0.05) is 0 Å². The summed E-state index contributed by atoms with van der Waals surface area (Å²) in [6.45, 7) is 3.93. The lowest BCUT2D eigenvalue weighted by molar-refractivity contribution is -0.121. The van der Waals surface area contributed by atoms with Gasteiger partial charge in [0.05, 0.1) is 12.8 Å². The van der Waals surface area contributed by atoms with Gasteiger partial charge in [-0.25, -0.2) is 0 Å². The zero-order valence-electron chi connectivity index (χ0n) is 15.7. The average Bonchev–Trinajstić information content (AvgIpc) is 2.92. The molecule has 0 unspecified atom stereocenters. The largest absolute Gasteiger partial charge is 0.495 e. The molecule has 0 aromatic heterocycles. The van der Waals surface area contributed by atoms with Crippen LogP contribution in [-0.4, -0.2) is 31.0 Å². The number of aryl methyl sites for hydroxylation is 1. The van der Waals surface area contributed by atoms with Gasteiger partial charge in [-0.1, -0.05) is 49.2 Å². The smallest absolute Gasteiger partial charge is 0.246 e. The van der Waals surface area contributed by atoms with Crippen LogP contribution in [0.1, 0.15) is 42.9 Å². The van der Waals surface area contributed by atoms with Crippen molar-refractivity contribution in [3.8, 4) is 5.75 Å². The number of ether oxygens (including phenoxy) is 1. The summed E-state index contributed by atoms with van der Waals surface area (Å²) in [5.41, 5.74) is 2.86. The highest BCUT2D eigenvalue weighted by Crippen LogP contribution is 2.29. The lowest BCUT2D eigenvalue weighted by Gasteiger charge is -2.30. The number of anilines is 1. The molecular weight excluding hydrogens is 324 g/mol. The van der Waals surface area contributed by atoms with Crippen molar-refractivity contribution in [3.05, 3.63) is 59.7 Å². The van der Waals surface area contributed by atoms with E-state index < -0.39 is 0 Å². The van der Waals surface area contributed by atoms with Crippen molar-refractivity contribution in [1.82, 2.24) is 4.90 Å². The van der Waals surface area contributed by atoms with Crippen molar-refractivity contribution in [2.24, 2.45) is 0 Å². The second-order valence-corrected chi connectivity index (χ2v) is 6.96. The van der Waals surface area contributed by atoms with Gasteiger partial charge in [0.2, 0.25) is 5.91 Å². The molecule has 0 aliphatic carbocycles. The topological polar surface area (TPSA) is 41.6 Å². The summed E-state index contributed by atoms with van der Waals surface area (Å²) in [4.78, 5) is 15.6. The van der Waals surface area contributed by atoms with Crippen LogP contribution in [-0.2, 0) is 4.79 Å². The Labute approximate surface area is 156 Å². The van der Waals surface area contributed by atoms with E-state index in [0.29, 0.717) is 5.75 Å². The van der Waals surface area contributed by atoms with Gasteiger partial charge in [0.15, 0.2) is 0 Å². The maximum Gasteiger partial charge on any atom is 0.246 e. The molecule has 1 aliphatic heterocycles. The van der Waals surface area contributed by atoms with Crippen LogP contribution in [0.25, 0.3) is 0 Å². The monoisotopic (exact) mass is 352 g/mol. The second-order valence-electron chi connectivity index (χ2n) is 6.96. The van der Waals surface area contributed by atoms with E-state index in [4.69, 9.17) is 4.74 Å². The minimum Gasteiger partial charge on any atom is -0.495 e. The van der Waals surface area contributed by atoms with E-state index in [-0.39, 0.29) is 11.9 Å². The van der Waals surface area contributed by atoms with Crippen LogP contribution in [0, 0.1) is 6.92 Å². The van der Waals surface area contributed by atoms with E-state index in [1.807, 2.05) is 55.5 Å². The molecule has 3 rings (SSSR count). The Balaban J connectivity index is 1.89. The van der Waals surface area contributed by atoms with Crippen LogP contribution in [0.5, 0.6) is 5.75 Å². The van der Waals surface area contributed by atoms with E-state index in [9.17, 15) is 4.79 Å². The molecule has 1 fully saturated rings. The molecular formula is C22H28N2O2. The summed E-state index contributed by atoms with van der Waals surface area (Å²) in [5, 5.41) is 3.11. The molecule has 1 saturated heterocycles. The van der Waals surface area contributed by atoms with E-state index in [1.54, 1.807) is 7.11 Å². The second kappa shape index (κ2) is 8.86. The lowest BCUT2D eigenvalue weighted by Crippen LogP contribution is -2.38. The summed E-state index contributed by atoms with van der Waals surface area (Å²) in [5.74, 6) is 0.689. The van der Waals surface area contributed by atoms with Gasteiger partial charge >= 0.3 is 0 Å². The molecule has 2 aromatic rings. The zero-order valence-corrected chi connectivity index (χ0v) is 15.7. The third kappa shape index (κ3) is 4.44. The Bertz CT molecular complexity index is 722. The molecule has 0 saturated carbocycles. The quantitative estimate of drug-likeness (QED) is 0.858. The third-order valence-corrected chi connectivity index (χ3v) is 4.98. The van der Waals surface area contributed by atoms with Crippen molar-refractivity contribution in [3.63, 3.8) is 0 Å². The molecule has 138 valence electrons. The first-order valence-corrected chi connectivity index (χ1v) is 9.43. The van der Waals surface area contributed by atoms with E-state index in [2.05, 4.69) is 10.2 Å². The Hall–Kier alpha value is -2.33. The Morgan fingerprint density at radius 3 is 2.38 bits per heavy atom. The van der Waals surface area contributed by atoms with E-state index >= 15 is 0 Å². The van der Waals surface area contributed by atoms with Gasteiger partial charge in [-0.3, -0.25) is 9.69 Å². The van der Waals surface area contributed by atoms with Crippen molar-refractivity contribution in [2.45, 2.75) is 38.6 Å². The van der Waals surface area contributed by atoms with Crippen LogP contribution in [0.3, 0.4) is 0 Å². The number of hydrogen-bond acceptors (Lipinski definition) is 3. The number of hydrogen-bond donors (Lipinski definition) is 1. The summed E-state index contributed by atoms with van der Waals surface area (Å²) in [6, 6.07) is 15.6. The molecule has 0 bridgehead atoms. The van der Waals surface area contributed by atoms with Crippen LogP contribution >= 0.6 is 0 Å². The fourth-order valence-electron chi connectivity index (χ4n) is 3.64. The Morgan fingerprint density at radius 2 is 1.73 bits per heavy atom. The Morgan fingerprint density at radius 1 is 1.04 bits per heavy atom. The lowest BCUT2D eigenvalue weighted by atomic mass is 10.0. The number of methoxy groups -OCH3 is 1. The molecule has 1 aliphatic rings. The highest BCUT2D eigenvalue weighted by Gasteiger charge is 2.28. The molecule has 1 atom stereocenters. The van der Waals surface area contributed by atoms with Crippen LogP contribution in [0.4, 0.5) is 5.69 Å². The van der Waals surface area contributed by atoms with Crippen LogP contribution < -0.4 is 10.1 Å². The van der Waals surface area contributed by atoms with Crippen molar-refractivity contribution in [1.29, 1.82) is 0 Å². The molecule has 1 N–H and O–H groups in total. The van der Waals surface area contributed by atoms with Crippen LogP contribution in [0.2, 0.25) is 0 Å². The first-order valence-electron chi connectivity index (χ1n) is 9.43. The van der Waals surface area contributed by atoms with Gasteiger partial charge < -0.3 is 10.1 Å². The maximum absolute atomic E-state index is 13.3. The third-order valence-electron chi connectivity index (χ3n) is 4.98. The highest BCUT2D eigenvalue weighted by atomic mass is 16.5. The van der Waals surface area contributed by atoms with E-state index in [1.165, 1.54) is 12.8 Å². The molecule has 2 aromatic carbocycles. The minimum atomic E-state index is -0.278. The number of amides is 1. The van der Waals surface area contributed by atoms with Gasteiger partial charge in [0.1, 0.15) is 11.8 Å². The van der Waals surface area contributed by atoms with Crippen molar-refractivity contribution >= 4 is 11.6 Å². The molecule has 1 heterocycles. The number of likely N-dealkylation sites (tertiary alicyclic amines) is 1. The number of carbonyl (C=O) groups is 1. The first kappa shape index (κ1) is 18.5. The minimum absolute atomic E-state index is 0.00185. The highest BCUT2D eigenvalue weighted by molar-refractivity contribution is 5.96. The zero-order chi connectivity index (χ0) is 18.4. The first-order chi connectivity index (χ1) is 12.7. The fraction of sp³-hybridized carbons (Fsp3) is 0.409. The van der Waals surface area contributed by atoms with Crippen molar-refractivity contribution in [2.75, 3.05) is 25.5 Å². The van der Waals surface area contributed by atoms with Crippen molar-refractivity contribution < 1.29 is 9.53 Å². The molecule has 0 spiro atoms. The molecule has 26 heavy (non-hydrogen) atoms. The SMILES string of the molecule is COc1ccc(C)cc1NC(=O)[C@@H](c1ccccc1)N1CCCCCC1. The number of benzene rings is 2. The summed E-state index contributed by atoms with van der Waals surface area (Å²) in [6.07, 6.45) is 4.77. The summed E-state index contributed by atoms with van der Waals surface area (Å²) < 4.78 is 5.42. The molecule has 4 nitrogen and oxygen atoms in total. The predicted octanol–water partition coefficient (Wildman–Crippen LogP) is 4.56. The molecule has 4 heteroatoms. The fourth-order valence-corrected chi connectivity index (χ4v) is 3.64. The van der Waals surface area contributed by atoms with E-state index in [0.717, 1.165) is 42.7 Å². The van der Waals surface area contributed by atoms with Gasteiger partial charge in [-0.05, 0) is 56.1 Å². The molecule has 1 amide bonds. The number of carbonyl (C=O) groups excluding carboxylic acids is 1. The molecule has 0 radical (unpaired) electrons. The van der Waals surface area contributed by atoms with Gasteiger partial charge in [-0.15, -0.1) is 0 Å². The average molecular weight is 352 g/mol. The number of nitrogens with zero attached hydrogens (tertiary/aromatic N) is 1. The predicted molar refractivity (Wildman–Crippen MR) is 106 cm³/mol. The summed E-state index contributed by atoms with van der Waals surface area (Å²) in [7, 11) is 1.63. The standard InChI is InChI=1S/C22H28N2O2/c1-17-12-13-20(26-2)19(16-17)23-22(25)21(18-10-6-5-7-11-18)24-14-8-3-4-9-15-24/h5-7,10-13,16,21H,3-4,8-9,14-15H2,1-2H3,(H,23,25)/t21-/m1/s1.